The molecular weight excluding hydrogens is 250 g/mol. The van der Waals surface area contributed by atoms with Crippen molar-refractivity contribution >= 4 is 26.3 Å². The predicted octanol–water partition coefficient (Wildman–Crippen LogP) is -3.78. The Labute approximate surface area is 55.0 Å². The molecule has 0 radical (unpaired) electrons. The first-order valence-electron chi connectivity index (χ1n) is 1.47. The minimum Gasteiger partial charge on any atom is -0.402 e. The third kappa shape index (κ3) is 4980. The van der Waals surface area contributed by atoms with Crippen molar-refractivity contribution in [3.63, 3.8) is 0 Å². The van der Waals surface area contributed by atoms with Crippen LogP contribution in [0.2, 0.25) is 0 Å². The summed E-state index contributed by atoms with van der Waals surface area (Å²) in [5, 5.41) is 21.5. The molecule has 0 atom stereocenters. The predicted molar refractivity (Wildman–Crippen MR) is 24.0 cm³/mol. The maximum absolute atomic E-state index is 8.85. The van der Waals surface area contributed by atoms with E-state index in [1.807, 2.05) is 0 Å². The topological polar surface area (TPSA) is 135 Å². The molecule has 0 fully saturated rings. The van der Waals surface area contributed by atoms with E-state index in [0.29, 0.717) is 0 Å². The molecule has 0 bridgehead atoms. The molecule has 0 rings (SSSR count). The Morgan fingerprint density at radius 1 is 1.00 bits per heavy atom. The van der Waals surface area contributed by atoms with E-state index in [0.717, 1.165) is 0 Å². The molecule has 7 nitrogen and oxygen atoms in total. The summed E-state index contributed by atoms with van der Waals surface area (Å²) in [7, 11) is -2.17. The number of rotatable bonds is 0. The minimum atomic E-state index is -5.52. The maximum atomic E-state index is 8.85. The second kappa shape index (κ2) is 5.07. The summed E-state index contributed by atoms with van der Waals surface area (Å²) in [5.41, 5.74) is 0. The Morgan fingerprint density at radius 3 is 1.00 bits per heavy atom. The van der Waals surface area contributed by atoms with Crippen LogP contribution in [0.15, 0.2) is 0 Å². The number of hydrogen-bond donors (Lipinski definition) is 5. The summed E-state index contributed by atoms with van der Waals surface area (Å²) >= 11 is -5.52. The quantitative estimate of drug-likeness (QED) is 0.280. The minimum absolute atomic E-state index is 2.17. The van der Waals surface area contributed by atoms with E-state index in [1.165, 1.54) is 0 Å². The van der Waals surface area contributed by atoms with Gasteiger partial charge in [0.1, 0.15) is 0 Å². The fourth-order valence-electron chi connectivity index (χ4n) is 0. The summed E-state index contributed by atoms with van der Waals surface area (Å²) in [6.45, 7) is 0. The second-order valence-electron chi connectivity index (χ2n) is 0.794. The molecule has 0 aromatic rings. The molecule has 56 valence electrons. The van der Waals surface area contributed by atoms with E-state index in [-0.39, 0.29) is 0 Å². The van der Waals surface area contributed by atoms with Crippen LogP contribution in [0.4, 0.5) is 0 Å². The van der Waals surface area contributed by atoms with Crippen molar-refractivity contribution in [3.8, 4) is 0 Å². The summed E-state index contributed by atoms with van der Waals surface area (Å²) in [6, 6.07) is 0. The van der Waals surface area contributed by atoms with Crippen LogP contribution in [0.1, 0.15) is 0 Å². The molecule has 0 saturated heterocycles. The van der Waals surface area contributed by atoms with Crippen molar-refractivity contribution in [2.24, 2.45) is 0 Å². The molecule has 0 spiro atoms. The van der Waals surface area contributed by atoms with Gasteiger partial charge in [-0.05, 0) is 0 Å². The summed E-state index contributed by atoms with van der Waals surface area (Å²) < 4.78 is 32.0. The van der Waals surface area contributed by atoms with Gasteiger partial charge >= 0.3 is 39.4 Å². The summed E-state index contributed by atoms with van der Waals surface area (Å²) in [5.74, 6) is 0. The standard InChI is InChI=1S/BH3O3.H2O4Te/c2-1(3)4;1-5(2,3)4/h2-4H;(H2,1,2,3,4). The van der Waals surface area contributed by atoms with Crippen LogP contribution in [0.3, 0.4) is 0 Å². The first kappa shape index (κ1) is 12.0. The molecular formula is H5BO7Te. The van der Waals surface area contributed by atoms with Crippen LogP contribution >= 0.6 is 0 Å². The van der Waals surface area contributed by atoms with Crippen LogP contribution in [-0.4, -0.2) is 48.3 Å². The largest absolute Gasteiger partial charge is 0.631 e. The van der Waals surface area contributed by atoms with Crippen LogP contribution in [0.5, 0.6) is 0 Å². The van der Waals surface area contributed by atoms with Gasteiger partial charge in [0.2, 0.25) is 0 Å². The van der Waals surface area contributed by atoms with Crippen LogP contribution in [0.25, 0.3) is 0 Å². The Hall–Kier alpha value is 0.255. The molecule has 0 aromatic heterocycles. The Kier molecular flexibility index (Phi) is 6.75. The van der Waals surface area contributed by atoms with Gasteiger partial charge in [0, 0.05) is 0 Å². The van der Waals surface area contributed by atoms with Crippen molar-refractivity contribution in [2.45, 2.75) is 0 Å². The average molecular weight is 255 g/mol. The first-order valence-corrected chi connectivity index (χ1v) is 5.46. The molecule has 0 heterocycles. The van der Waals surface area contributed by atoms with E-state index in [2.05, 4.69) is 0 Å². The molecule has 9 heteroatoms. The van der Waals surface area contributed by atoms with Crippen molar-refractivity contribution in [2.75, 3.05) is 0 Å². The van der Waals surface area contributed by atoms with E-state index >= 15 is 0 Å². The van der Waals surface area contributed by atoms with Crippen molar-refractivity contribution in [1.82, 2.24) is 0 Å². The normalized spacial score (nSPS) is 9.44. The van der Waals surface area contributed by atoms with E-state index in [1.54, 1.807) is 0 Å². The molecule has 0 saturated carbocycles. The van der Waals surface area contributed by atoms with Crippen molar-refractivity contribution in [1.29, 1.82) is 0 Å². The zero-order valence-corrected chi connectivity index (χ0v) is 6.37. The fraction of sp³-hybridized carbons (Fsp3) is 0. The molecule has 0 aliphatic carbocycles. The van der Waals surface area contributed by atoms with Crippen LogP contribution in [-0.2, 0) is 6.21 Å². The maximum Gasteiger partial charge on any atom is 0.631 e. The van der Waals surface area contributed by atoms with E-state index in [9.17, 15) is 0 Å². The zero-order valence-electron chi connectivity index (χ0n) is 4.04. The Balaban J connectivity index is 0. The van der Waals surface area contributed by atoms with E-state index < -0.39 is 26.3 Å². The molecule has 0 amide bonds. The molecule has 0 unspecified atom stereocenters. The van der Waals surface area contributed by atoms with Gasteiger partial charge in [0.25, 0.3) is 0 Å². The van der Waals surface area contributed by atoms with Gasteiger partial charge in [0.15, 0.2) is 0 Å². The van der Waals surface area contributed by atoms with Gasteiger partial charge < -0.3 is 15.1 Å². The van der Waals surface area contributed by atoms with Crippen molar-refractivity contribution in [3.05, 3.63) is 0 Å². The third-order valence-corrected chi connectivity index (χ3v) is 0. The molecule has 5 N–H and O–H groups in total. The second-order valence-corrected chi connectivity index (χ2v) is 3.35. The van der Waals surface area contributed by atoms with Crippen LogP contribution < -0.4 is 0 Å². The van der Waals surface area contributed by atoms with Gasteiger partial charge in [-0.2, -0.15) is 0 Å². The van der Waals surface area contributed by atoms with Gasteiger partial charge in [-0.1, -0.05) is 0 Å². The smallest absolute Gasteiger partial charge is 0.402 e. The van der Waals surface area contributed by atoms with E-state index in [4.69, 9.17) is 28.2 Å². The number of hydrogen-bond acceptors (Lipinski definition) is 5. The summed E-state index contributed by atoms with van der Waals surface area (Å²) in [4.78, 5) is 0. The zero-order chi connectivity index (χ0) is 8.08. The average Bonchev–Trinajstić information content (AvgIpc) is 1.19. The van der Waals surface area contributed by atoms with Gasteiger partial charge in [0.05, 0.1) is 0 Å². The van der Waals surface area contributed by atoms with Gasteiger partial charge in [-0.3, -0.25) is 0 Å². The molecule has 0 aliphatic rings. The Bertz CT molecular complexity index is 120. The summed E-state index contributed by atoms with van der Waals surface area (Å²) in [6.07, 6.45) is 0. The molecule has 0 aliphatic heterocycles. The molecule has 9 heavy (non-hydrogen) atoms. The SMILES string of the molecule is O=[Te](=O)(O)O.OB(O)O. The van der Waals surface area contributed by atoms with Gasteiger partial charge in [-0.15, -0.1) is 0 Å². The van der Waals surface area contributed by atoms with Crippen molar-refractivity contribution < 1.29 is 28.2 Å². The van der Waals surface area contributed by atoms with Gasteiger partial charge in [-0.25, -0.2) is 0 Å². The third-order valence-electron chi connectivity index (χ3n) is 0. The monoisotopic (exact) mass is 258 g/mol. The fourth-order valence-corrected chi connectivity index (χ4v) is 0. The Morgan fingerprint density at radius 2 is 1.00 bits per heavy atom. The van der Waals surface area contributed by atoms with Crippen LogP contribution in [0, 0.1) is 0 Å². The molecule has 0 aromatic carbocycles. The first-order chi connectivity index (χ1) is 3.73.